The zero-order chi connectivity index (χ0) is 23.9. The van der Waals surface area contributed by atoms with E-state index >= 15 is 0 Å². The summed E-state index contributed by atoms with van der Waals surface area (Å²) in [6.07, 6.45) is 2.56. The Labute approximate surface area is 212 Å². The van der Waals surface area contributed by atoms with Crippen LogP contribution < -0.4 is 4.90 Å². The lowest BCUT2D eigenvalue weighted by Crippen LogP contribution is -2.52. The van der Waals surface area contributed by atoms with Gasteiger partial charge in [0.1, 0.15) is 0 Å². The van der Waals surface area contributed by atoms with Crippen LogP contribution in [0.3, 0.4) is 0 Å². The van der Waals surface area contributed by atoms with Crippen LogP contribution in [0.1, 0.15) is 34.4 Å². The highest BCUT2D eigenvalue weighted by Gasteiger charge is 2.43. The molecule has 34 heavy (non-hydrogen) atoms. The molecule has 178 valence electrons. The summed E-state index contributed by atoms with van der Waals surface area (Å²) in [6.45, 7) is 3.46. The molecule has 0 saturated carbocycles. The van der Waals surface area contributed by atoms with Crippen molar-refractivity contribution in [3.05, 3.63) is 99.5 Å². The second-order valence-corrected chi connectivity index (χ2v) is 12.4. The molecule has 0 aliphatic carbocycles. The van der Waals surface area contributed by atoms with Gasteiger partial charge in [-0.15, -0.1) is 0 Å². The highest BCUT2D eigenvalue weighted by Crippen LogP contribution is 2.42. The summed E-state index contributed by atoms with van der Waals surface area (Å²) in [6, 6.07) is 23.9. The van der Waals surface area contributed by atoms with E-state index in [4.69, 9.17) is 23.2 Å². The van der Waals surface area contributed by atoms with Crippen LogP contribution in [-0.4, -0.2) is 45.8 Å². The Balaban J connectivity index is 1.42. The van der Waals surface area contributed by atoms with E-state index in [0.717, 1.165) is 35.5 Å². The fourth-order valence-corrected chi connectivity index (χ4v) is 6.96. The van der Waals surface area contributed by atoms with Crippen molar-refractivity contribution in [1.29, 1.82) is 0 Å². The number of rotatable bonds is 7. The van der Waals surface area contributed by atoms with Gasteiger partial charge in [0.25, 0.3) is 0 Å². The quantitative estimate of drug-likeness (QED) is 0.387. The van der Waals surface area contributed by atoms with E-state index in [9.17, 15) is 8.42 Å². The van der Waals surface area contributed by atoms with E-state index in [2.05, 4.69) is 21.9 Å². The number of hydrogen-bond acceptors (Lipinski definition) is 4. The van der Waals surface area contributed by atoms with Gasteiger partial charge in [-0.1, -0.05) is 59.6 Å². The van der Waals surface area contributed by atoms with Gasteiger partial charge in [-0.25, -0.2) is 8.42 Å². The molecule has 3 aromatic carbocycles. The van der Waals surface area contributed by atoms with E-state index in [1.165, 1.54) is 12.7 Å². The lowest BCUT2D eigenvalue weighted by atomic mass is 9.86. The van der Waals surface area contributed by atoms with Crippen molar-refractivity contribution >= 4 is 38.7 Å². The molecule has 0 spiro atoms. The predicted octanol–water partition coefficient (Wildman–Crippen LogP) is 6.01. The normalized spacial score (nSPS) is 17.9. The number of hydrogen-bond donors (Lipinski definition) is 0. The highest BCUT2D eigenvalue weighted by atomic mass is 35.5. The molecule has 0 N–H and O–H groups in total. The molecular weight excluding hydrogens is 487 g/mol. The van der Waals surface area contributed by atoms with E-state index in [-0.39, 0.29) is 12.0 Å². The maximum atomic E-state index is 13.0. The van der Waals surface area contributed by atoms with Crippen molar-refractivity contribution in [3.63, 3.8) is 0 Å². The standard InChI is InChI=1S/C27H28Cl2N2O2S/c1-34(32,33)27(21-4-2-5-25(16-21)30-14-3-15-30)22-17-31(18-22)26(19-6-10-23(28)11-7-19)20-8-12-24(29)13-9-20/h2,4-13,16,22,26-27H,3,14-15,17-18H2,1H3. The van der Waals surface area contributed by atoms with Crippen LogP contribution in [0.25, 0.3) is 0 Å². The van der Waals surface area contributed by atoms with Gasteiger partial charge >= 0.3 is 0 Å². The molecule has 2 heterocycles. The third kappa shape index (κ3) is 4.85. The Bertz CT molecular complexity index is 1210. The van der Waals surface area contributed by atoms with Crippen molar-refractivity contribution in [3.8, 4) is 0 Å². The minimum Gasteiger partial charge on any atom is -0.371 e. The number of sulfone groups is 1. The zero-order valence-electron chi connectivity index (χ0n) is 19.1. The molecule has 7 heteroatoms. The first kappa shape index (κ1) is 23.7. The lowest BCUT2D eigenvalue weighted by molar-refractivity contribution is 0.0655. The van der Waals surface area contributed by atoms with E-state index in [0.29, 0.717) is 23.1 Å². The Hall–Kier alpha value is -2.05. The molecule has 5 rings (SSSR count). The molecule has 4 nitrogen and oxygen atoms in total. The largest absolute Gasteiger partial charge is 0.371 e. The third-order valence-electron chi connectivity index (χ3n) is 6.98. The molecule has 1 atom stereocenters. The van der Waals surface area contributed by atoms with Gasteiger partial charge in [0.15, 0.2) is 9.84 Å². The smallest absolute Gasteiger partial charge is 0.154 e. The number of anilines is 1. The Kier molecular flexibility index (Phi) is 6.64. The van der Waals surface area contributed by atoms with Gasteiger partial charge in [0.2, 0.25) is 0 Å². The van der Waals surface area contributed by atoms with Gasteiger partial charge in [-0.2, -0.15) is 0 Å². The second-order valence-electron chi connectivity index (χ2n) is 9.41. The molecule has 3 aromatic rings. The van der Waals surface area contributed by atoms with Crippen molar-refractivity contribution in [2.75, 3.05) is 37.3 Å². The van der Waals surface area contributed by atoms with Crippen molar-refractivity contribution in [1.82, 2.24) is 4.90 Å². The number of benzene rings is 3. The third-order valence-corrected chi connectivity index (χ3v) is 9.07. The van der Waals surface area contributed by atoms with E-state index in [1.54, 1.807) is 0 Å². The zero-order valence-corrected chi connectivity index (χ0v) is 21.4. The average Bonchev–Trinajstić information content (AvgIpc) is 2.72. The fourth-order valence-electron chi connectivity index (χ4n) is 5.20. The Morgan fingerprint density at radius 1 is 0.824 bits per heavy atom. The average molecular weight is 516 g/mol. The summed E-state index contributed by atoms with van der Waals surface area (Å²) >= 11 is 12.3. The minimum absolute atomic E-state index is 0.0124. The predicted molar refractivity (Wildman–Crippen MR) is 141 cm³/mol. The summed E-state index contributed by atoms with van der Waals surface area (Å²) in [4.78, 5) is 4.64. The summed E-state index contributed by atoms with van der Waals surface area (Å²) in [5, 5.41) is 0.875. The van der Waals surface area contributed by atoms with Crippen molar-refractivity contribution in [2.24, 2.45) is 5.92 Å². The number of likely N-dealkylation sites (tertiary alicyclic amines) is 1. The van der Waals surface area contributed by atoms with Gasteiger partial charge in [0, 0.05) is 54.1 Å². The van der Waals surface area contributed by atoms with Crippen molar-refractivity contribution < 1.29 is 8.42 Å². The Morgan fingerprint density at radius 3 is 1.85 bits per heavy atom. The minimum atomic E-state index is -3.28. The molecule has 0 radical (unpaired) electrons. The summed E-state index contributed by atoms with van der Waals surface area (Å²) in [7, 11) is -3.28. The molecule has 0 bridgehead atoms. The van der Waals surface area contributed by atoms with Gasteiger partial charge in [-0.3, -0.25) is 4.90 Å². The SMILES string of the molecule is CS(=O)(=O)C(c1cccc(N2CCC2)c1)C1CN(C(c2ccc(Cl)cc2)c2ccc(Cl)cc2)C1. The molecular formula is C27H28Cl2N2O2S. The highest BCUT2D eigenvalue weighted by molar-refractivity contribution is 7.90. The first-order chi connectivity index (χ1) is 16.3. The first-order valence-electron chi connectivity index (χ1n) is 11.6. The van der Waals surface area contributed by atoms with Crippen LogP contribution in [0.2, 0.25) is 10.0 Å². The van der Waals surface area contributed by atoms with Crippen LogP contribution in [0.5, 0.6) is 0 Å². The summed E-state index contributed by atoms with van der Waals surface area (Å²) in [5.41, 5.74) is 4.27. The monoisotopic (exact) mass is 514 g/mol. The first-order valence-corrected chi connectivity index (χ1v) is 14.3. The molecule has 0 aromatic heterocycles. The van der Waals surface area contributed by atoms with Crippen LogP contribution in [0.4, 0.5) is 5.69 Å². The molecule has 0 amide bonds. The molecule has 2 aliphatic heterocycles. The van der Waals surface area contributed by atoms with Crippen LogP contribution in [0, 0.1) is 5.92 Å². The maximum absolute atomic E-state index is 13.0. The molecule has 2 aliphatic rings. The van der Waals surface area contributed by atoms with Crippen LogP contribution in [0.15, 0.2) is 72.8 Å². The van der Waals surface area contributed by atoms with Crippen LogP contribution >= 0.6 is 23.2 Å². The molecule has 1 unspecified atom stereocenters. The van der Waals surface area contributed by atoms with Gasteiger partial charge < -0.3 is 4.90 Å². The van der Waals surface area contributed by atoms with Crippen molar-refractivity contribution in [2.45, 2.75) is 17.7 Å². The van der Waals surface area contributed by atoms with Gasteiger partial charge in [0.05, 0.1) is 11.3 Å². The lowest BCUT2D eigenvalue weighted by Gasteiger charge is -2.47. The molecule has 2 saturated heterocycles. The number of halogens is 2. The maximum Gasteiger partial charge on any atom is 0.154 e. The fraction of sp³-hybridized carbons (Fsp3) is 0.333. The number of nitrogens with zero attached hydrogens (tertiary/aromatic N) is 2. The second kappa shape index (κ2) is 9.54. The topological polar surface area (TPSA) is 40.6 Å². The summed E-state index contributed by atoms with van der Waals surface area (Å²) in [5.74, 6) is 0.0312. The molecule has 2 fully saturated rings. The van der Waals surface area contributed by atoms with E-state index < -0.39 is 15.1 Å². The van der Waals surface area contributed by atoms with Gasteiger partial charge in [-0.05, 0) is 59.5 Å². The summed E-state index contributed by atoms with van der Waals surface area (Å²) < 4.78 is 25.9. The van der Waals surface area contributed by atoms with Crippen LogP contribution in [-0.2, 0) is 9.84 Å². The van der Waals surface area contributed by atoms with E-state index in [1.807, 2.05) is 60.7 Å². The Morgan fingerprint density at radius 2 is 1.38 bits per heavy atom.